The second kappa shape index (κ2) is 9.76. The highest BCUT2D eigenvalue weighted by atomic mass is 16.1. The lowest BCUT2D eigenvalue weighted by Gasteiger charge is -2.01. The predicted octanol–water partition coefficient (Wildman–Crippen LogP) is 4.31. The SMILES string of the molecule is CC.CC.CC(=O)C1CCC(C)C1.[HH]. The Bertz CT molecular complexity index is 123. The summed E-state index contributed by atoms with van der Waals surface area (Å²) >= 11 is 0. The molecule has 1 aliphatic carbocycles. The zero-order valence-corrected chi connectivity index (χ0v) is 10.2. The molecule has 13 heavy (non-hydrogen) atoms. The van der Waals surface area contributed by atoms with Crippen LogP contribution in [0.1, 0.15) is 62.2 Å². The molecule has 1 aliphatic rings. The van der Waals surface area contributed by atoms with Gasteiger partial charge < -0.3 is 0 Å². The van der Waals surface area contributed by atoms with Crippen LogP contribution in [-0.4, -0.2) is 5.78 Å². The highest BCUT2D eigenvalue weighted by Gasteiger charge is 2.24. The molecule has 0 aromatic carbocycles. The first-order valence-electron chi connectivity index (χ1n) is 5.70. The van der Waals surface area contributed by atoms with Crippen molar-refractivity contribution in [2.45, 2.75) is 60.8 Å². The third-order valence-electron chi connectivity index (χ3n) is 2.27. The van der Waals surface area contributed by atoms with Crippen LogP contribution in [0.2, 0.25) is 0 Å². The Morgan fingerprint density at radius 2 is 1.62 bits per heavy atom. The topological polar surface area (TPSA) is 17.1 Å². The largest absolute Gasteiger partial charge is 0.300 e. The molecule has 1 heteroatoms. The number of hydrogen-bond acceptors (Lipinski definition) is 1. The Morgan fingerprint density at radius 3 is 1.77 bits per heavy atom. The van der Waals surface area contributed by atoms with Crippen LogP contribution in [0.4, 0.5) is 0 Å². The third kappa shape index (κ3) is 6.80. The van der Waals surface area contributed by atoms with Crippen LogP contribution in [0, 0.1) is 11.8 Å². The summed E-state index contributed by atoms with van der Waals surface area (Å²) in [6.07, 6.45) is 3.52. The molecule has 0 saturated heterocycles. The minimum absolute atomic E-state index is 0. The van der Waals surface area contributed by atoms with Gasteiger partial charge in [-0.15, -0.1) is 0 Å². The summed E-state index contributed by atoms with van der Waals surface area (Å²) in [5.41, 5.74) is 0. The molecule has 82 valence electrons. The van der Waals surface area contributed by atoms with Crippen molar-refractivity contribution in [3.63, 3.8) is 0 Å². The monoisotopic (exact) mass is 188 g/mol. The molecule has 0 heterocycles. The summed E-state index contributed by atoms with van der Waals surface area (Å²) < 4.78 is 0. The van der Waals surface area contributed by atoms with Gasteiger partial charge in [0.05, 0.1) is 0 Å². The molecule has 1 saturated carbocycles. The molecule has 0 aromatic rings. The van der Waals surface area contributed by atoms with E-state index >= 15 is 0 Å². The van der Waals surface area contributed by atoms with E-state index in [1.54, 1.807) is 6.92 Å². The van der Waals surface area contributed by atoms with E-state index in [0.717, 1.165) is 18.8 Å². The van der Waals surface area contributed by atoms with Gasteiger partial charge in [-0.25, -0.2) is 0 Å². The minimum Gasteiger partial charge on any atom is -0.300 e. The van der Waals surface area contributed by atoms with E-state index in [2.05, 4.69) is 6.92 Å². The number of hydrogen-bond donors (Lipinski definition) is 0. The summed E-state index contributed by atoms with van der Waals surface area (Å²) in [7, 11) is 0. The number of ketones is 1. The van der Waals surface area contributed by atoms with Crippen molar-refractivity contribution in [1.29, 1.82) is 0 Å². The summed E-state index contributed by atoms with van der Waals surface area (Å²) in [4.78, 5) is 10.8. The predicted molar refractivity (Wildman–Crippen MR) is 62.0 cm³/mol. The summed E-state index contributed by atoms with van der Waals surface area (Å²) in [5.74, 6) is 1.58. The van der Waals surface area contributed by atoms with Gasteiger partial charge in [-0.3, -0.25) is 4.79 Å². The van der Waals surface area contributed by atoms with Crippen molar-refractivity contribution in [2.75, 3.05) is 0 Å². The number of carbonyl (C=O) groups is 1. The first kappa shape index (κ1) is 15.2. The van der Waals surface area contributed by atoms with Crippen LogP contribution < -0.4 is 0 Å². The minimum atomic E-state index is 0. The van der Waals surface area contributed by atoms with Crippen LogP contribution in [0.15, 0.2) is 0 Å². The van der Waals surface area contributed by atoms with E-state index in [1.807, 2.05) is 27.7 Å². The van der Waals surface area contributed by atoms with Gasteiger partial charge in [-0.05, 0) is 32.1 Å². The van der Waals surface area contributed by atoms with E-state index in [4.69, 9.17) is 0 Å². The van der Waals surface area contributed by atoms with Crippen molar-refractivity contribution < 1.29 is 6.22 Å². The normalized spacial score (nSPS) is 25.1. The van der Waals surface area contributed by atoms with Gasteiger partial charge >= 0.3 is 0 Å². The van der Waals surface area contributed by atoms with Gasteiger partial charge in [-0.1, -0.05) is 34.6 Å². The molecule has 0 aliphatic heterocycles. The zero-order valence-electron chi connectivity index (χ0n) is 10.2. The summed E-state index contributed by atoms with van der Waals surface area (Å²) in [6.45, 7) is 11.9. The van der Waals surface area contributed by atoms with Gasteiger partial charge in [-0.2, -0.15) is 0 Å². The molecule has 2 unspecified atom stereocenters. The van der Waals surface area contributed by atoms with E-state index in [-0.39, 0.29) is 1.43 Å². The van der Waals surface area contributed by atoms with E-state index in [9.17, 15) is 4.79 Å². The van der Waals surface area contributed by atoms with Crippen LogP contribution >= 0.6 is 0 Å². The Labute approximate surface area is 85.4 Å². The van der Waals surface area contributed by atoms with E-state index in [0.29, 0.717) is 11.7 Å². The second-order valence-corrected chi connectivity index (χ2v) is 3.23. The number of carbonyl (C=O) groups excluding carboxylic acids is 1. The molecular formula is C12H28O. The highest BCUT2D eigenvalue weighted by molar-refractivity contribution is 5.78. The molecule has 1 rings (SSSR count). The van der Waals surface area contributed by atoms with Crippen molar-refractivity contribution in [3.8, 4) is 0 Å². The lowest BCUT2D eigenvalue weighted by Crippen LogP contribution is -2.05. The van der Waals surface area contributed by atoms with Gasteiger partial charge in [0.1, 0.15) is 5.78 Å². The van der Waals surface area contributed by atoms with Crippen molar-refractivity contribution in [3.05, 3.63) is 0 Å². The van der Waals surface area contributed by atoms with Crippen LogP contribution in [0.25, 0.3) is 0 Å². The molecule has 1 nitrogen and oxygen atoms in total. The molecule has 2 atom stereocenters. The Balaban J connectivity index is -0.000000216. The van der Waals surface area contributed by atoms with Crippen molar-refractivity contribution in [2.24, 2.45) is 11.8 Å². The van der Waals surface area contributed by atoms with Gasteiger partial charge in [0, 0.05) is 7.34 Å². The maximum atomic E-state index is 10.8. The molecule has 0 amide bonds. The Kier molecular flexibility index (Phi) is 11.4. The average molecular weight is 188 g/mol. The molecule has 0 bridgehead atoms. The summed E-state index contributed by atoms with van der Waals surface area (Å²) in [5, 5.41) is 0. The van der Waals surface area contributed by atoms with Crippen molar-refractivity contribution >= 4 is 5.78 Å². The third-order valence-corrected chi connectivity index (χ3v) is 2.27. The van der Waals surface area contributed by atoms with Crippen LogP contribution in [0.5, 0.6) is 0 Å². The molecule has 1 fully saturated rings. The standard InChI is InChI=1S/C8H14O.2C2H6.H2/c1-6-3-4-8(5-6)7(2)9;2*1-2;/h6,8H,3-5H2,1-2H3;2*1-2H3;1H. The summed E-state index contributed by atoms with van der Waals surface area (Å²) in [6, 6.07) is 0. The average Bonchev–Trinajstić information content (AvgIpc) is 2.59. The molecule has 0 N–H and O–H groups in total. The van der Waals surface area contributed by atoms with E-state index < -0.39 is 0 Å². The molecule has 0 aromatic heterocycles. The fraction of sp³-hybridized carbons (Fsp3) is 0.917. The van der Waals surface area contributed by atoms with Gasteiger partial charge in [0.2, 0.25) is 0 Å². The highest BCUT2D eigenvalue weighted by Crippen LogP contribution is 2.30. The number of rotatable bonds is 1. The maximum absolute atomic E-state index is 10.8. The number of Topliss-reactive ketones (excluding diaryl/α,β-unsaturated/α-hetero) is 1. The van der Waals surface area contributed by atoms with Gasteiger partial charge in [0.25, 0.3) is 0 Å². The fourth-order valence-corrected chi connectivity index (χ4v) is 1.58. The lowest BCUT2D eigenvalue weighted by atomic mass is 10.0. The first-order chi connectivity index (χ1) is 6.20. The van der Waals surface area contributed by atoms with E-state index in [1.165, 1.54) is 6.42 Å². The van der Waals surface area contributed by atoms with Gasteiger partial charge in [0.15, 0.2) is 0 Å². The zero-order chi connectivity index (χ0) is 10.9. The first-order valence-corrected chi connectivity index (χ1v) is 5.70. The maximum Gasteiger partial charge on any atom is 0.132 e. The lowest BCUT2D eigenvalue weighted by molar-refractivity contribution is -0.120. The van der Waals surface area contributed by atoms with Crippen LogP contribution in [-0.2, 0) is 4.79 Å². The van der Waals surface area contributed by atoms with Crippen LogP contribution in [0.3, 0.4) is 0 Å². The Hall–Kier alpha value is -0.330. The fourth-order valence-electron chi connectivity index (χ4n) is 1.58. The molecule has 0 radical (unpaired) electrons. The smallest absolute Gasteiger partial charge is 0.132 e. The molecular weight excluding hydrogens is 160 g/mol. The van der Waals surface area contributed by atoms with Crippen molar-refractivity contribution in [1.82, 2.24) is 0 Å². The quantitative estimate of drug-likeness (QED) is 0.599. The second-order valence-electron chi connectivity index (χ2n) is 3.23. The Morgan fingerprint density at radius 1 is 1.15 bits per heavy atom. The molecule has 0 spiro atoms.